The van der Waals surface area contributed by atoms with Gasteiger partial charge in [0.15, 0.2) is 28.7 Å². The standard InChI is InChI=1S/C39H27NO4/c1-24-20-22-27(23-21-24)40-33(26-14-6-3-7-15-26)38(34(41)28-16-8-9-17-29(28)35(38)42)32(25-12-4-2-5-13-25)39(40)36(43)30-18-10-11-19-31(30)37(39)44/h2-23,32-33H,1H3/t32-,33+/m1/s1. The third-order valence-electron chi connectivity index (χ3n) is 9.78. The quantitative estimate of drug-likeness (QED) is 0.213. The molecule has 0 saturated carbocycles. The number of aryl methyl sites for hydroxylation is 1. The average molecular weight is 574 g/mol. The molecule has 0 N–H and O–H groups in total. The molecule has 0 amide bonds. The van der Waals surface area contributed by atoms with Gasteiger partial charge in [0.25, 0.3) is 0 Å². The molecule has 1 heterocycles. The number of carbonyl (C=O) groups excluding carboxylic acids is 4. The minimum absolute atomic E-state index is 0.301. The number of hydrogen-bond acceptors (Lipinski definition) is 5. The molecule has 8 rings (SSSR count). The molecule has 1 fully saturated rings. The molecule has 2 spiro atoms. The Morgan fingerprint density at radius 1 is 0.477 bits per heavy atom. The summed E-state index contributed by atoms with van der Waals surface area (Å²) >= 11 is 0. The largest absolute Gasteiger partial charge is 0.343 e. The van der Waals surface area contributed by atoms with E-state index >= 15 is 19.2 Å². The van der Waals surface area contributed by atoms with Crippen LogP contribution in [0.5, 0.6) is 0 Å². The van der Waals surface area contributed by atoms with Crippen molar-refractivity contribution in [2.24, 2.45) is 5.41 Å². The molecule has 2 atom stereocenters. The van der Waals surface area contributed by atoms with Crippen LogP contribution in [0.3, 0.4) is 0 Å². The van der Waals surface area contributed by atoms with Gasteiger partial charge in [-0.05, 0) is 30.2 Å². The van der Waals surface area contributed by atoms with Crippen molar-refractivity contribution in [1.82, 2.24) is 0 Å². The summed E-state index contributed by atoms with van der Waals surface area (Å²) in [5.41, 5.74) is 0.368. The van der Waals surface area contributed by atoms with Crippen molar-refractivity contribution in [2.45, 2.75) is 24.4 Å². The zero-order valence-electron chi connectivity index (χ0n) is 23.9. The monoisotopic (exact) mass is 573 g/mol. The fraction of sp³-hybridized carbons (Fsp3) is 0.128. The van der Waals surface area contributed by atoms with Gasteiger partial charge < -0.3 is 4.90 Å². The van der Waals surface area contributed by atoms with E-state index in [0.29, 0.717) is 39.1 Å². The van der Waals surface area contributed by atoms with Crippen molar-refractivity contribution in [3.8, 4) is 0 Å². The van der Waals surface area contributed by atoms with Gasteiger partial charge in [0, 0.05) is 33.9 Å². The third-order valence-corrected chi connectivity index (χ3v) is 9.78. The first-order valence-electron chi connectivity index (χ1n) is 14.8. The van der Waals surface area contributed by atoms with Crippen LogP contribution in [-0.4, -0.2) is 28.7 Å². The fourth-order valence-electron chi connectivity index (χ4n) is 8.10. The number of fused-ring (bicyclic) bond motifs is 2. The van der Waals surface area contributed by atoms with E-state index in [0.717, 1.165) is 5.56 Å². The van der Waals surface area contributed by atoms with Gasteiger partial charge in [-0.25, -0.2) is 0 Å². The van der Waals surface area contributed by atoms with Crippen LogP contribution >= 0.6 is 0 Å². The van der Waals surface area contributed by atoms with E-state index in [4.69, 9.17) is 0 Å². The van der Waals surface area contributed by atoms with Crippen molar-refractivity contribution < 1.29 is 19.2 Å². The average Bonchev–Trinajstić information content (AvgIpc) is 3.57. The highest BCUT2D eigenvalue weighted by Crippen LogP contribution is 2.69. The SMILES string of the molecule is Cc1ccc(N2[C@@H](c3ccccc3)C3(C(=O)c4ccccc4C3=O)[C@@H](c3ccccc3)C23C(=O)c2ccccc2C3=O)cc1. The van der Waals surface area contributed by atoms with Crippen molar-refractivity contribution in [3.05, 3.63) is 172 Å². The third kappa shape index (κ3) is 3.08. The van der Waals surface area contributed by atoms with Crippen LogP contribution in [-0.2, 0) is 0 Å². The number of benzene rings is 5. The number of rotatable bonds is 3. The van der Waals surface area contributed by atoms with Gasteiger partial charge in [-0.1, -0.05) is 127 Å². The summed E-state index contributed by atoms with van der Waals surface area (Å²) in [7, 11) is 0. The number of carbonyl (C=O) groups is 4. The second kappa shape index (κ2) is 9.29. The second-order valence-electron chi connectivity index (χ2n) is 11.9. The molecule has 0 radical (unpaired) electrons. The Kier molecular flexibility index (Phi) is 5.54. The van der Waals surface area contributed by atoms with Gasteiger partial charge in [-0.15, -0.1) is 0 Å². The molecule has 1 aliphatic heterocycles. The molecule has 44 heavy (non-hydrogen) atoms. The minimum Gasteiger partial charge on any atom is -0.343 e. The number of nitrogens with zero attached hydrogens (tertiary/aromatic N) is 1. The highest BCUT2D eigenvalue weighted by Gasteiger charge is 2.80. The lowest BCUT2D eigenvalue weighted by Crippen LogP contribution is -2.57. The minimum atomic E-state index is -1.91. The Morgan fingerprint density at radius 2 is 0.886 bits per heavy atom. The normalized spacial score (nSPS) is 20.9. The molecule has 3 aliphatic rings. The Labute approximate surface area is 254 Å². The van der Waals surface area contributed by atoms with Crippen LogP contribution < -0.4 is 4.90 Å². The number of ketones is 4. The number of hydrogen-bond donors (Lipinski definition) is 0. The van der Waals surface area contributed by atoms with E-state index < -0.39 is 34.5 Å². The first-order valence-corrected chi connectivity index (χ1v) is 14.8. The second-order valence-corrected chi connectivity index (χ2v) is 11.9. The maximum atomic E-state index is 15.2. The van der Waals surface area contributed by atoms with Crippen molar-refractivity contribution in [3.63, 3.8) is 0 Å². The fourth-order valence-corrected chi connectivity index (χ4v) is 8.10. The predicted molar refractivity (Wildman–Crippen MR) is 167 cm³/mol. The Hall–Kier alpha value is -5.42. The maximum absolute atomic E-state index is 15.2. The highest BCUT2D eigenvalue weighted by atomic mass is 16.2. The molecule has 5 aromatic carbocycles. The Balaban J connectivity index is 1.58. The summed E-state index contributed by atoms with van der Waals surface area (Å²) < 4.78 is 0. The Morgan fingerprint density at radius 3 is 1.36 bits per heavy atom. The van der Waals surface area contributed by atoms with Gasteiger partial charge in [0.2, 0.25) is 0 Å². The number of anilines is 1. The molecular formula is C39H27NO4. The molecule has 1 saturated heterocycles. The lowest BCUT2D eigenvalue weighted by molar-refractivity contribution is 0.0619. The summed E-state index contributed by atoms with van der Waals surface area (Å²) in [6.07, 6.45) is 0. The predicted octanol–water partition coefficient (Wildman–Crippen LogP) is 7.22. The van der Waals surface area contributed by atoms with Gasteiger partial charge >= 0.3 is 0 Å². The summed E-state index contributed by atoms with van der Waals surface area (Å²) in [5.74, 6) is -2.66. The Bertz CT molecular complexity index is 1940. The van der Waals surface area contributed by atoms with Gasteiger partial charge in [0.05, 0.1) is 6.04 Å². The zero-order valence-corrected chi connectivity index (χ0v) is 23.9. The van der Waals surface area contributed by atoms with E-state index in [-0.39, 0.29) is 11.6 Å². The molecule has 0 unspecified atom stereocenters. The van der Waals surface area contributed by atoms with Crippen LogP contribution in [0.1, 0.15) is 70.1 Å². The molecule has 0 aromatic heterocycles. The van der Waals surface area contributed by atoms with Gasteiger partial charge in [-0.2, -0.15) is 0 Å². The summed E-state index contributed by atoms with van der Waals surface area (Å²) in [4.78, 5) is 62.6. The smallest absolute Gasteiger partial charge is 0.197 e. The topological polar surface area (TPSA) is 71.5 Å². The van der Waals surface area contributed by atoms with Crippen molar-refractivity contribution >= 4 is 28.8 Å². The van der Waals surface area contributed by atoms with Crippen LogP contribution in [0.15, 0.2) is 133 Å². The van der Waals surface area contributed by atoms with Gasteiger partial charge in [0.1, 0.15) is 5.41 Å². The van der Waals surface area contributed by atoms with E-state index in [9.17, 15) is 0 Å². The molecular weight excluding hydrogens is 546 g/mol. The van der Waals surface area contributed by atoms with Crippen LogP contribution in [0, 0.1) is 12.3 Å². The summed E-state index contributed by atoms with van der Waals surface area (Å²) in [6, 6.07) is 38.9. The molecule has 5 nitrogen and oxygen atoms in total. The van der Waals surface area contributed by atoms with Crippen LogP contribution in [0.25, 0.3) is 0 Å². The van der Waals surface area contributed by atoms with E-state index in [2.05, 4.69) is 0 Å². The molecule has 212 valence electrons. The van der Waals surface area contributed by atoms with Crippen LogP contribution in [0.4, 0.5) is 5.69 Å². The highest BCUT2D eigenvalue weighted by molar-refractivity contribution is 6.39. The molecule has 5 aromatic rings. The van der Waals surface area contributed by atoms with E-state index in [1.54, 1.807) is 48.5 Å². The lowest BCUT2D eigenvalue weighted by atomic mass is 9.60. The van der Waals surface area contributed by atoms with Crippen molar-refractivity contribution in [1.29, 1.82) is 0 Å². The van der Waals surface area contributed by atoms with Gasteiger partial charge in [-0.3, -0.25) is 19.2 Å². The maximum Gasteiger partial charge on any atom is 0.197 e. The first kappa shape index (κ1) is 26.2. The molecule has 0 bridgehead atoms. The number of Topliss-reactive ketones (excluding diaryl/α,β-unsaturated/α-hetero) is 4. The molecule has 5 heteroatoms. The molecule has 2 aliphatic carbocycles. The van der Waals surface area contributed by atoms with Crippen molar-refractivity contribution in [2.75, 3.05) is 4.90 Å². The zero-order chi connectivity index (χ0) is 30.2. The summed E-state index contributed by atoms with van der Waals surface area (Å²) in [5, 5.41) is 0. The van der Waals surface area contributed by atoms with E-state index in [1.165, 1.54) is 0 Å². The first-order chi connectivity index (χ1) is 21.4. The summed E-state index contributed by atoms with van der Waals surface area (Å²) in [6.45, 7) is 1.97. The lowest BCUT2D eigenvalue weighted by Gasteiger charge is -2.40. The van der Waals surface area contributed by atoms with E-state index in [1.807, 2.05) is 96.8 Å². The van der Waals surface area contributed by atoms with Crippen LogP contribution in [0.2, 0.25) is 0 Å².